The monoisotopic (exact) mass is 409 g/mol. The SMILES string of the molecule is CNC(=O)CONC1=CCN(S(=O)(=O)c2ccc(OC(F)(F)F)cc2)CC1. The molecule has 0 radical (unpaired) electrons. The van der Waals surface area contributed by atoms with Crippen LogP contribution in [-0.4, -0.2) is 51.7 Å². The lowest BCUT2D eigenvalue weighted by atomic mass is 10.2. The van der Waals surface area contributed by atoms with Gasteiger partial charge in [0.2, 0.25) is 15.9 Å². The van der Waals surface area contributed by atoms with E-state index < -0.39 is 22.1 Å². The van der Waals surface area contributed by atoms with E-state index in [2.05, 4.69) is 15.5 Å². The van der Waals surface area contributed by atoms with Crippen LogP contribution in [0.1, 0.15) is 6.42 Å². The molecule has 1 aliphatic rings. The van der Waals surface area contributed by atoms with Gasteiger partial charge >= 0.3 is 6.36 Å². The minimum absolute atomic E-state index is 0.0504. The molecule has 0 bridgehead atoms. The van der Waals surface area contributed by atoms with E-state index in [-0.39, 0.29) is 30.5 Å². The van der Waals surface area contributed by atoms with Gasteiger partial charge in [-0.05, 0) is 30.3 Å². The van der Waals surface area contributed by atoms with Crippen molar-refractivity contribution in [2.45, 2.75) is 17.7 Å². The summed E-state index contributed by atoms with van der Waals surface area (Å²) in [5.41, 5.74) is 3.21. The maximum absolute atomic E-state index is 12.6. The van der Waals surface area contributed by atoms with Crippen molar-refractivity contribution in [3.63, 3.8) is 0 Å². The molecule has 0 spiro atoms. The summed E-state index contributed by atoms with van der Waals surface area (Å²) in [7, 11) is -2.40. The van der Waals surface area contributed by atoms with Crippen molar-refractivity contribution >= 4 is 15.9 Å². The standard InChI is InChI=1S/C15H18F3N3O5S/c1-19-14(22)10-25-20-11-6-8-21(9-7-11)27(23,24)13-4-2-12(3-5-13)26-15(16,17)18/h2-6,20H,7-10H2,1H3,(H,19,22). The number of hydrogen-bond acceptors (Lipinski definition) is 6. The zero-order valence-electron chi connectivity index (χ0n) is 14.2. The highest BCUT2D eigenvalue weighted by Crippen LogP contribution is 2.26. The molecule has 0 unspecified atom stereocenters. The highest BCUT2D eigenvalue weighted by Gasteiger charge is 2.31. The Morgan fingerprint density at radius 1 is 1.26 bits per heavy atom. The molecule has 1 aromatic rings. The predicted molar refractivity (Wildman–Crippen MR) is 87.7 cm³/mol. The number of hydrogen-bond donors (Lipinski definition) is 2. The van der Waals surface area contributed by atoms with E-state index in [0.29, 0.717) is 12.1 Å². The van der Waals surface area contributed by atoms with Crippen LogP contribution in [0.3, 0.4) is 0 Å². The van der Waals surface area contributed by atoms with Crippen LogP contribution in [0.15, 0.2) is 40.9 Å². The summed E-state index contributed by atoms with van der Waals surface area (Å²) in [6, 6.07) is 4.00. The molecule has 12 heteroatoms. The maximum atomic E-state index is 12.6. The van der Waals surface area contributed by atoms with Crippen LogP contribution in [0.25, 0.3) is 0 Å². The molecule has 0 aromatic heterocycles. The Hall–Kier alpha value is -2.31. The molecule has 0 aliphatic carbocycles. The van der Waals surface area contributed by atoms with Gasteiger partial charge in [0.1, 0.15) is 5.75 Å². The Labute approximate surface area is 153 Å². The molecule has 2 rings (SSSR count). The molecule has 0 atom stereocenters. The van der Waals surface area contributed by atoms with Crippen LogP contribution >= 0.6 is 0 Å². The summed E-state index contributed by atoms with van der Waals surface area (Å²) in [5, 5.41) is 2.38. The molecular weight excluding hydrogens is 391 g/mol. The van der Waals surface area contributed by atoms with Crippen molar-refractivity contribution < 1.29 is 36.0 Å². The molecule has 1 aliphatic heterocycles. The van der Waals surface area contributed by atoms with Crippen LogP contribution in [-0.2, 0) is 19.7 Å². The number of benzene rings is 1. The third-order valence-corrected chi connectivity index (χ3v) is 5.43. The Morgan fingerprint density at radius 3 is 2.44 bits per heavy atom. The summed E-state index contributed by atoms with van der Waals surface area (Å²) < 4.78 is 66.5. The number of nitrogens with zero attached hydrogens (tertiary/aromatic N) is 1. The van der Waals surface area contributed by atoms with E-state index in [1.165, 1.54) is 11.4 Å². The van der Waals surface area contributed by atoms with Crippen molar-refractivity contribution in [1.82, 2.24) is 15.1 Å². The number of ether oxygens (including phenoxy) is 1. The molecule has 1 amide bonds. The lowest BCUT2D eigenvalue weighted by Gasteiger charge is -2.26. The van der Waals surface area contributed by atoms with E-state index in [9.17, 15) is 26.4 Å². The fourth-order valence-electron chi connectivity index (χ4n) is 2.19. The van der Waals surface area contributed by atoms with Gasteiger partial charge in [0.15, 0.2) is 6.61 Å². The fourth-order valence-corrected chi connectivity index (χ4v) is 3.57. The van der Waals surface area contributed by atoms with Gasteiger partial charge in [-0.2, -0.15) is 4.31 Å². The average Bonchev–Trinajstić information content (AvgIpc) is 2.61. The van der Waals surface area contributed by atoms with Crippen LogP contribution < -0.4 is 15.5 Å². The number of rotatable bonds is 7. The number of sulfonamides is 1. The number of likely N-dealkylation sites (N-methyl/N-ethyl adjacent to an activating group) is 1. The molecule has 0 fully saturated rings. The van der Waals surface area contributed by atoms with E-state index in [0.717, 1.165) is 24.3 Å². The number of amides is 1. The lowest BCUT2D eigenvalue weighted by molar-refractivity contribution is -0.274. The van der Waals surface area contributed by atoms with E-state index >= 15 is 0 Å². The number of alkyl halides is 3. The van der Waals surface area contributed by atoms with Crippen LogP contribution in [0, 0.1) is 0 Å². The van der Waals surface area contributed by atoms with Crippen molar-refractivity contribution in [1.29, 1.82) is 0 Å². The summed E-state index contributed by atoms with van der Waals surface area (Å²) in [6.07, 6.45) is -2.93. The van der Waals surface area contributed by atoms with Gasteiger partial charge in [-0.25, -0.2) is 8.42 Å². The third kappa shape index (κ3) is 6.12. The highest BCUT2D eigenvalue weighted by molar-refractivity contribution is 7.89. The molecule has 0 saturated carbocycles. The van der Waals surface area contributed by atoms with E-state index in [4.69, 9.17) is 4.84 Å². The third-order valence-electron chi connectivity index (χ3n) is 3.55. The second-order valence-electron chi connectivity index (χ2n) is 5.43. The minimum Gasteiger partial charge on any atom is -0.406 e. The average molecular weight is 409 g/mol. The smallest absolute Gasteiger partial charge is 0.406 e. The first-order chi connectivity index (χ1) is 12.6. The molecule has 1 aromatic carbocycles. The van der Waals surface area contributed by atoms with Gasteiger partial charge in [-0.15, -0.1) is 13.2 Å². The summed E-state index contributed by atoms with van der Waals surface area (Å²) >= 11 is 0. The normalized spacial score (nSPS) is 15.8. The second-order valence-corrected chi connectivity index (χ2v) is 7.36. The molecule has 2 N–H and O–H groups in total. The zero-order valence-corrected chi connectivity index (χ0v) is 15.1. The molecule has 1 heterocycles. The number of nitrogens with one attached hydrogen (secondary N) is 2. The first-order valence-electron chi connectivity index (χ1n) is 7.75. The van der Waals surface area contributed by atoms with Gasteiger partial charge in [0.25, 0.3) is 0 Å². The van der Waals surface area contributed by atoms with Gasteiger partial charge in [-0.1, -0.05) is 0 Å². The molecule has 150 valence electrons. The first-order valence-corrected chi connectivity index (χ1v) is 9.19. The first kappa shape index (κ1) is 21.0. The quantitative estimate of drug-likeness (QED) is 0.656. The summed E-state index contributed by atoms with van der Waals surface area (Å²) in [4.78, 5) is 15.9. The number of carbonyl (C=O) groups excluding carboxylic acids is 1. The van der Waals surface area contributed by atoms with Crippen molar-refractivity contribution in [3.05, 3.63) is 36.0 Å². The van der Waals surface area contributed by atoms with E-state index in [1.807, 2.05) is 0 Å². The van der Waals surface area contributed by atoms with Crippen molar-refractivity contribution in [3.8, 4) is 5.75 Å². The Morgan fingerprint density at radius 2 is 1.93 bits per heavy atom. The molecule has 0 saturated heterocycles. The van der Waals surface area contributed by atoms with E-state index in [1.54, 1.807) is 6.08 Å². The molecule has 27 heavy (non-hydrogen) atoms. The van der Waals surface area contributed by atoms with Crippen molar-refractivity contribution in [2.75, 3.05) is 26.7 Å². The van der Waals surface area contributed by atoms with Gasteiger partial charge < -0.3 is 10.1 Å². The Bertz CT molecular complexity index is 794. The van der Waals surface area contributed by atoms with Crippen molar-refractivity contribution in [2.24, 2.45) is 0 Å². The fraction of sp³-hybridized carbons (Fsp3) is 0.400. The molecular formula is C15H18F3N3O5S. The largest absolute Gasteiger partial charge is 0.573 e. The predicted octanol–water partition coefficient (Wildman–Crippen LogP) is 1.13. The zero-order chi connectivity index (χ0) is 20.1. The van der Waals surface area contributed by atoms with Crippen LogP contribution in [0.5, 0.6) is 5.75 Å². The Balaban J connectivity index is 1.96. The number of carbonyl (C=O) groups is 1. The van der Waals surface area contributed by atoms with Crippen LogP contribution in [0.4, 0.5) is 13.2 Å². The summed E-state index contributed by atoms with van der Waals surface area (Å²) in [5.74, 6) is -0.819. The van der Waals surface area contributed by atoms with Gasteiger partial charge in [0, 0.05) is 32.3 Å². The van der Waals surface area contributed by atoms with Gasteiger partial charge in [0.05, 0.1) is 4.90 Å². The van der Waals surface area contributed by atoms with Gasteiger partial charge in [-0.3, -0.25) is 15.1 Å². The van der Waals surface area contributed by atoms with Crippen LogP contribution in [0.2, 0.25) is 0 Å². The topological polar surface area (TPSA) is 97.0 Å². The highest BCUT2D eigenvalue weighted by atomic mass is 32.2. The summed E-state index contributed by atoms with van der Waals surface area (Å²) in [6.45, 7) is 0.00229. The lowest BCUT2D eigenvalue weighted by Crippen LogP contribution is -2.37. The molecule has 8 nitrogen and oxygen atoms in total. The number of hydroxylamine groups is 1. The number of halogens is 3. The Kier molecular flexibility index (Phi) is 6.68. The second kappa shape index (κ2) is 8.59. The maximum Gasteiger partial charge on any atom is 0.573 e. The minimum atomic E-state index is -4.85.